The molecule has 1 aliphatic rings. The maximum Gasteiger partial charge on any atom is 0.390 e. The van der Waals surface area contributed by atoms with Crippen molar-refractivity contribution in [3.63, 3.8) is 0 Å². The summed E-state index contributed by atoms with van der Waals surface area (Å²) in [6.07, 6.45) is -3.53. The Kier molecular flexibility index (Phi) is 4.59. The van der Waals surface area contributed by atoms with Gasteiger partial charge in [0.25, 0.3) is 10.0 Å². The van der Waals surface area contributed by atoms with Crippen molar-refractivity contribution in [2.75, 3.05) is 6.54 Å². The SMILES string of the molecule is Cc1[nH]nc(S(=O)(=O)NCCC(F)(F)F)c1CNC1CC1. The van der Waals surface area contributed by atoms with Gasteiger partial charge in [0.15, 0.2) is 5.03 Å². The van der Waals surface area contributed by atoms with Gasteiger partial charge in [0.2, 0.25) is 0 Å². The lowest BCUT2D eigenvalue weighted by Crippen LogP contribution is -2.29. The van der Waals surface area contributed by atoms with Gasteiger partial charge in [-0.25, -0.2) is 13.1 Å². The number of alkyl halides is 3. The van der Waals surface area contributed by atoms with Crippen LogP contribution in [0.15, 0.2) is 5.03 Å². The predicted molar refractivity (Wildman–Crippen MR) is 69.0 cm³/mol. The molecule has 1 saturated carbocycles. The minimum Gasteiger partial charge on any atom is -0.310 e. The third-order valence-electron chi connectivity index (χ3n) is 3.14. The molecule has 0 unspecified atom stereocenters. The predicted octanol–water partition coefficient (Wildman–Crippen LogP) is 1.20. The third kappa shape index (κ3) is 4.68. The topological polar surface area (TPSA) is 86.9 Å². The molecule has 0 amide bonds. The highest BCUT2D eigenvalue weighted by Crippen LogP contribution is 2.22. The molecule has 1 aromatic heterocycles. The second kappa shape index (κ2) is 5.93. The van der Waals surface area contributed by atoms with Gasteiger partial charge in [0.1, 0.15) is 0 Å². The van der Waals surface area contributed by atoms with Crippen molar-refractivity contribution < 1.29 is 21.6 Å². The molecule has 0 spiro atoms. The van der Waals surface area contributed by atoms with Gasteiger partial charge in [0.05, 0.1) is 6.42 Å². The van der Waals surface area contributed by atoms with Crippen molar-refractivity contribution in [1.82, 2.24) is 20.2 Å². The number of hydrogen-bond donors (Lipinski definition) is 3. The Morgan fingerprint density at radius 3 is 2.62 bits per heavy atom. The largest absolute Gasteiger partial charge is 0.390 e. The minimum atomic E-state index is -4.40. The zero-order valence-electron chi connectivity index (χ0n) is 11.4. The van der Waals surface area contributed by atoms with Crippen molar-refractivity contribution in [2.24, 2.45) is 0 Å². The highest BCUT2D eigenvalue weighted by molar-refractivity contribution is 7.89. The number of halogens is 3. The summed E-state index contributed by atoms with van der Waals surface area (Å²) in [5.41, 5.74) is 1.04. The first-order valence-electron chi connectivity index (χ1n) is 6.53. The molecular formula is C11H17F3N4O2S. The molecule has 0 bridgehead atoms. The van der Waals surface area contributed by atoms with Crippen molar-refractivity contribution in [3.05, 3.63) is 11.3 Å². The number of rotatable bonds is 7. The van der Waals surface area contributed by atoms with E-state index in [9.17, 15) is 21.6 Å². The molecule has 2 rings (SSSR count). The van der Waals surface area contributed by atoms with Gasteiger partial charge in [-0.15, -0.1) is 0 Å². The van der Waals surface area contributed by atoms with E-state index in [0.717, 1.165) is 12.8 Å². The maximum absolute atomic E-state index is 12.1. The van der Waals surface area contributed by atoms with Crippen molar-refractivity contribution in [2.45, 2.75) is 50.0 Å². The summed E-state index contributed by atoms with van der Waals surface area (Å²) >= 11 is 0. The second-order valence-corrected chi connectivity index (χ2v) is 6.73. The van der Waals surface area contributed by atoms with Crippen LogP contribution in [0.3, 0.4) is 0 Å². The minimum absolute atomic E-state index is 0.240. The van der Waals surface area contributed by atoms with Gasteiger partial charge < -0.3 is 5.32 Å². The van der Waals surface area contributed by atoms with Gasteiger partial charge >= 0.3 is 6.18 Å². The normalized spacial score (nSPS) is 16.4. The molecule has 120 valence electrons. The zero-order chi connectivity index (χ0) is 15.7. The van der Waals surface area contributed by atoms with E-state index >= 15 is 0 Å². The fourth-order valence-electron chi connectivity index (χ4n) is 1.79. The molecule has 3 N–H and O–H groups in total. The molecule has 6 nitrogen and oxygen atoms in total. The van der Waals surface area contributed by atoms with Crippen LogP contribution in [0.5, 0.6) is 0 Å². The smallest absolute Gasteiger partial charge is 0.310 e. The number of aromatic amines is 1. The number of nitrogens with one attached hydrogen (secondary N) is 3. The van der Waals surface area contributed by atoms with Gasteiger partial charge in [-0.2, -0.15) is 18.3 Å². The van der Waals surface area contributed by atoms with Gasteiger partial charge in [0, 0.05) is 30.4 Å². The second-order valence-electron chi connectivity index (χ2n) is 5.05. The summed E-state index contributed by atoms with van der Waals surface area (Å²) in [4.78, 5) is 0. The fraction of sp³-hybridized carbons (Fsp3) is 0.727. The van der Waals surface area contributed by atoms with Crippen LogP contribution >= 0.6 is 0 Å². The molecule has 21 heavy (non-hydrogen) atoms. The van der Waals surface area contributed by atoms with Crippen LogP contribution in [-0.2, 0) is 16.6 Å². The molecule has 0 atom stereocenters. The number of sulfonamides is 1. The Bertz CT molecular complexity index is 593. The van der Waals surface area contributed by atoms with Crippen molar-refractivity contribution in [3.8, 4) is 0 Å². The van der Waals surface area contributed by atoms with E-state index in [1.807, 2.05) is 4.72 Å². The summed E-state index contributed by atoms with van der Waals surface area (Å²) < 4.78 is 62.2. The van der Waals surface area contributed by atoms with Gasteiger partial charge in [-0.3, -0.25) is 5.10 Å². The summed E-state index contributed by atoms with van der Waals surface area (Å²) in [7, 11) is -4.05. The first kappa shape index (κ1) is 16.2. The Labute approximate surface area is 120 Å². The third-order valence-corrected chi connectivity index (χ3v) is 4.57. The van der Waals surface area contributed by atoms with E-state index < -0.39 is 29.2 Å². The van der Waals surface area contributed by atoms with E-state index in [-0.39, 0.29) is 5.03 Å². The van der Waals surface area contributed by atoms with Crippen LogP contribution < -0.4 is 10.0 Å². The van der Waals surface area contributed by atoms with Crippen molar-refractivity contribution in [1.29, 1.82) is 0 Å². The lowest BCUT2D eigenvalue weighted by atomic mass is 10.2. The van der Waals surface area contributed by atoms with Crippen LogP contribution in [0, 0.1) is 6.92 Å². The molecular weight excluding hydrogens is 309 g/mol. The van der Waals surface area contributed by atoms with E-state index in [1.165, 1.54) is 0 Å². The Balaban J connectivity index is 2.04. The number of hydrogen-bond acceptors (Lipinski definition) is 4. The Hall–Kier alpha value is -1.13. The summed E-state index contributed by atoms with van der Waals surface area (Å²) in [6, 6.07) is 0.382. The fourth-order valence-corrected chi connectivity index (χ4v) is 3.01. The van der Waals surface area contributed by atoms with Crippen LogP contribution in [0.25, 0.3) is 0 Å². The molecule has 1 heterocycles. The summed E-state index contributed by atoms with van der Waals surface area (Å²) in [6.45, 7) is 1.29. The summed E-state index contributed by atoms with van der Waals surface area (Å²) in [5.74, 6) is 0. The highest BCUT2D eigenvalue weighted by atomic mass is 32.2. The Morgan fingerprint density at radius 1 is 1.38 bits per heavy atom. The standard InChI is InChI=1S/C11H17F3N4O2S/c1-7-9(6-15-8-2-3-8)10(18-17-7)21(19,20)16-5-4-11(12,13)14/h8,15-16H,2-6H2,1H3,(H,17,18). The van der Waals surface area contributed by atoms with Crippen LogP contribution in [0.1, 0.15) is 30.5 Å². The molecule has 1 fully saturated rings. The van der Waals surface area contributed by atoms with Gasteiger partial charge in [-0.05, 0) is 19.8 Å². The number of H-pyrrole nitrogens is 1. The zero-order valence-corrected chi connectivity index (χ0v) is 12.2. The van der Waals surface area contributed by atoms with E-state index in [1.54, 1.807) is 6.92 Å². The van der Waals surface area contributed by atoms with E-state index in [2.05, 4.69) is 15.5 Å². The van der Waals surface area contributed by atoms with Crippen LogP contribution in [0.4, 0.5) is 13.2 Å². The molecule has 0 radical (unpaired) electrons. The van der Waals surface area contributed by atoms with Gasteiger partial charge in [-0.1, -0.05) is 0 Å². The lowest BCUT2D eigenvalue weighted by molar-refractivity contribution is -0.132. The quantitative estimate of drug-likeness (QED) is 0.703. The van der Waals surface area contributed by atoms with Crippen LogP contribution in [-0.4, -0.2) is 37.4 Å². The first-order chi connectivity index (χ1) is 9.69. The molecule has 0 saturated heterocycles. The maximum atomic E-state index is 12.1. The average molecular weight is 326 g/mol. The lowest BCUT2D eigenvalue weighted by Gasteiger charge is -2.09. The highest BCUT2D eigenvalue weighted by Gasteiger charge is 2.30. The molecule has 1 aliphatic carbocycles. The number of nitrogens with zero attached hydrogens (tertiary/aromatic N) is 1. The molecule has 1 aromatic rings. The molecule has 0 aliphatic heterocycles. The monoisotopic (exact) mass is 326 g/mol. The number of aryl methyl sites for hydroxylation is 1. The van der Waals surface area contributed by atoms with E-state index in [4.69, 9.17) is 0 Å². The van der Waals surface area contributed by atoms with Crippen molar-refractivity contribution >= 4 is 10.0 Å². The first-order valence-corrected chi connectivity index (χ1v) is 8.01. The Morgan fingerprint density at radius 2 is 2.05 bits per heavy atom. The molecule has 0 aromatic carbocycles. The van der Waals surface area contributed by atoms with E-state index in [0.29, 0.717) is 23.8 Å². The van der Waals surface area contributed by atoms with Crippen LogP contribution in [0.2, 0.25) is 0 Å². The molecule has 10 heteroatoms. The average Bonchev–Trinajstić information content (AvgIpc) is 3.08. The summed E-state index contributed by atoms with van der Waals surface area (Å²) in [5, 5.41) is 9.19. The number of aromatic nitrogens is 2.